The van der Waals surface area contributed by atoms with E-state index in [0.29, 0.717) is 0 Å². The van der Waals surface area contributed by atoms with Gasteiger partial charge in [0.05, 0.1) is 7.11 Å². The van der Waals surface area contributed by atoms with Gasteiger partial charge in [0, 0.05) is 0 Å². The van der Waals surface area contributed by atoms with E-state index < -0.39 is 0 Å². The summed E-state index contributed by atoms with van der Waals surface area (Å²) in [6, 6.07) is 6.57. The molecule has 0 radical (unpaired) electrons. The van der Waals surface area contributed by atoms with Gasteiger partial charge >= 0.3 is 0 Å². The van der Waals surface area contributed by atoms with Crippen molar-refractivity contribution in [2.45, 2.75) is 45.4 Å². The molecule has 1 heteroatoms. The van der Waals surface area contributed by atoms with Gasteiger partial charge in [0.1, 0.15) is 5.75 Å². The minimum Gasteiger partial charge on any atom is -0.497 e. The Morgan fingerprint density at radius 3 is 2.81 bits per heavy atom. The molecule has 0 aromatic heterocycles. The summed E-state index contributed by atoms with van der Waals surface area (Å²) < 4.78 is 5.31. The van der Waals surface area contributed by atoms with Gasteiger partial charge in [-0.2, -0.15) is 0 Å². The first-order chi connectivity index (χ1) is 7.83. The largest absolute Gasteiger partial charge is 0.497 e. The van der Waals surface area contributed by atoms with Crippen molar-refractivity contribution in [1.29, 1.82) is 0 Å². The van der Waals surface area contributed by atoms with Crippen molar-refractivity contribution in [2.24, 2.45) is 5.92 Å². The predicted molar refractivity (Wildman–Crippen MR) is 68.0 cm³/mol. The highest BCUT2D eigenvalue weighted by Gasteiger charge is 2.13. The Hall–Kier alpha value is -0.980. The molecular weight excluding hydrogens is 196 g/mol. The smallest absolute Gasteiger partial charge is 0.119 e. The van der Waals surface area contributed by atoms with Gasteiger partial charge in [-0.1, -0.05) is 25.8 Å². The zero-order valence-corrected chi connectivity index (χ0v) is 10.5. The van der Waals surface area contributed by atoms with Crippen molar-refractivity contribution < 1.29 is 4.74 Å². The predicted octanol–water partition coefficient (Wildman–Crippen LogP) is 3.99. The Kier molecular flexibility index (Phi) is 3.87. The number of fused-ring (bicyclic) bond motifs is 1. The minimum atomic E-state index is 0.930. The summed E-state index contributed by atoms with van der Waals surface area (Å²) in [5.74, 6) is 1.94. The van der Waals surface area contributed by atoms with Crippen LogP contribution in [0, 0.1) is 5.92 Å². The van der Waals surface area contributed by atoms with E-state index >= 15 is 0 Å². The maximum absolute atomic E-state index is 5.31. The van der Waals surface area contributed by atoms with Crippen molar-refractivity contribution in [3.8, 4) is 5.75 Å². The molecule has 0 N–H and O–H groups in total. The molecular formula is C15H22O. The van der Waals surface area contributed by atoms with Crippen LogP contribution in [-0.2, 0) is 12.8 Å². The molecule has 88 valence electrons. The van der Waals surface area contributed by atoms with Crippen LogP contribution >= 0.6 is 0 Å². The van der Waals surface area contributed by atoms with E-state index in [0.717, 1.165) is 11.7 Å². The Morgan fingerprint density at radius 1 is 1.19 bits per heavy atom. The van der Waals surface area contributed by atoms with E-state index in [9.17, 15) is 0 Å². The quantitative estimate of drug-likeness (QED) is 0.729. The molecule has 1 aliphatic carbocycles. The fraction of sp³-hybridized carbons (Fsp3) is 0.600. The van der Waals surface area contributed by atoms with Gasteiger partial charge in [-0.15, -0.1) is 0 Å². The Morgan fingerprint density at radius 2 is 2.06 bits per heavy atom. The second kappa shape index (κ2) is 5.38. The number of benzene rings is 1. The summed E-state index contributed by atoms with van der Waals surface area (Å²) in [6.07, 6.45) is 7.90. The fourth-order valence-corrected chi connectivity index (χ4v) is 2.70. The number of hydrogen-bond donors (Lipinski definition) is 0. The molecule has 0 bridgehead atoms. The van der Waals surface area contributed by atoms with Crippen LogP contribution < -0.4 is 4.74 Å². The molecule has 0 heterocycles. The second-order valence-electron chi connectivity index (χ2n) is 4.84. The molecule has 0 saturated heterocycles. The lowest BCUT2D eigenvalue weighted by Crippen LogP contribution is -2.07. The molecule has 0 amide bonds. The molecule has 1 unspecified atom stereocenters. The first-order valence-corrected chi connectivity index (χ1v) is 6.49. The van der Waals surface area contributed by atoms with E-state index in [-0.39, 0.29) is 0 Å². The van der Waals surface area contributed by atoms with Crippen LogP contribution in [0.15, 0.2) is 18.2 Å². The first-order valence-electron chi connectivity index (χ1n) is 6.49. The highest BCUT2D eigenvalue weighted by Crippen LogP contribution is 2.27. The third kappa shape index (κ3) is 2.58. The summed E-state index contributed by atoms with van der Waals surface area (Å²) in [5.41, 5.74) is 3.05. The number of rotatable bonds is 2. The zero-order chi connectivity index (χ0) is 11.4. The summed E-state index contributed by atoms with van der Waals surface area (Å²) in [7, 11) is 1.75. The number of aryl methyl sites for hydroxylation is 2. The molecule has 0 fully saturated rings. The average molecular weight is 218 g/mol. The SMILES string of the molecule is CCC1CCCc2ccc(OC)cc2CC1. The molecule has 1 aromatic carbocycles. The van der Waals surface area contributed by atoms with Crippen LogP contribution in [0.4, 0.5) is 0 Å². The standard InChI is InChI=1S/C15H22O/c1-3-12-5-4-6-13-9-10-15(16-2)11-14(13)8-7-12/h9-12H,3-8H2,1-2H3. The molecule has 16 heavy (non-hydrogen) atoms. The summed E-state index contributed by atoms with van der Waals surface area (Å²) in [5, 5.41) is 0. The van der Waals surface area contributed by atoms with E-state index in [2.05, 4.69) is 25.1 Å². The van der Waals surface area contributed by atoms with Gasteiger partial charge < -0.3 is 4.74 Å². The van der Waals surface area contributed by atoms with Gasteiger partial charge in [0.15, 0.2) is 0 Å². The normalized spacial score (nSPS) is 20.8. The average Bonchev–Trinajstić information content (AvgIpc) is 2.30. The van der Waals surface area contributed by atoms with E-state index in [1.807, 2.05) is 0 Å². The molecule has 1 aromatic rings. The van der Waals surface area contributed by atoms with Crippen molar-refractivity contribution in [1.82, 2.24) is 0 Å². The fourth-order valence-electron chi connectivity index (χ4n) is 2.70. The number of hydrogen-bond acceptors (Lipinski definition) is 1. The topological polar surface area (TPSA) is 9.23 Å². The third-order valence-electron chi connectivity index (χ3n) is 3.87. The third-order valence-corrected chi connectivity index (χ3v) is 3.87. The van der Waals surface area contributed by atoms with E-state index in [1.165, 1.54) is 49.7 Å². The van der Waals surface area contributed by atoms with Crippen LogP contribution in [0.3, 0.4) is 0 Å². The van der Waals surface area contributed by atoms with Gasteiger partial charge in [0.25, 0.3) is 0 Å². The second-order valence-corrected chi connectivity index (χ2v) is 4.84. The lowest BCUT2D eigenvalue weighted by Gasteiger charge is -2.20. The zero-order valence-electron chi connectivity index (χ0n) is 10.5. The van der Waals surface area contributed by atoms with Crippen LogP contribution in [0.5, 0.6) is 5.75 Å². The Balaban J connectivity index is 2.18. The molecule has 2 rings (SSSR count). The van der Waals surface area contributed by atoms with Crippen molar-refractivity contribution >= 4 is 0 Å². The maximum atomic E-state index is 5.31. The Labute approximate surface area is 98.8 Å². The highest BCUT2D eigenvalue weighted by atomic mass is 16.5. The molecule has 0 saturated carbocycles. The van der Waals surface area contributed by atoms with Gasteiger partial charge in [0.2, 0.25) is 0 Å². The van der Waals surface area contributed by atoms with E-state index in [4.69, 9.17) is 4.74 Å². The van der Waals surface area contributed by atoms with Gasteiger partial charge in [-0.25, -0.2) is 0 Å². The number of ether oxygens (including phenoxy) is 1. The van der Waals surface area contributed by atoms with Gasteiger partial charge in [-0.3, -0.25) is 0 Å². The molecule has 0 aliphatic heterocycles. The van der Waals surface area contributed by atoms with Gasteiger partial charge in [-0.05, 0) is 54.9 Å². The van der Waals surface area contributed by atoms with Crippen LogP contribution in [0.25, 0.3) is 0 Å². The van der Waals surface area contributed by atoms with E-state index in [1.54, 1.807) is 7.11 Å². The van der Waals surface area contributed by atoms with Crippen molar-refractivity contribution in [3.63, 3.8) is 0 Å². The Bertz CT molecular complexity index is 343. The molecule has 1 aliphatic rings. The van der Waals surface area contributed by atoms with Crippen molar-refractivity contribution in [3.05, 3.63) is 29.3 Å². The van der Waals surface area contributed by atoms with Crippen LogP contribution in [0.2, 0.25) is 0 Å². The maximum Gasteiger partial charge on any atom is 0.119 e. The first kappa shape index (κ1) is 11.5. The molecule has 0 spiro atoms. The molecule has 1 atom stereocenters. The molecule has 1 nitrogen and oxygen atoms in total. The summed E-state index contributed by atoms with van der Waals surface area (Å²) >= 11 is 0. The summed E-state index contributed by atoms with van der Waals surface area (Å²) in [4.78, 5) is 0. The van der Waals surface area contributed by atoms with Crippen molar-refractivity contribution in [2.75, 3.05) is 7.11 Å². The lowest BCUT2D eigenvalue weighted by molar-refractivity contribution is 0.405. The number of methoxy groups -OCH3 is 1. The van der Waals surface area contributed by atoms with Crippen LogP contribution in [0.1, 0.15) is 43.7 Å². The highest BCUT2D eigenvalue weighted by molar-refractivity contribution is 5.36. The van der Waals surface area contributed by atoms with Crippen LogP contribution in [-0.4, -0.2) is 7.11 Å². The monoisotopic (exact) mass is 218 g/mol. The lowest BCUT2D eigenvalue weighted by atomic mass is 9.86. The minimum absolute atomic E-state index is 0.930. The summed E-state index contributed by atoms with van der Waals surface area (Å²) in [6.45, 7) is 2.32.